The number of benzene rings is 2. The molecule has 3 rings (SSSR count). The van der Waals surface area contributed by atoms with Gasteiger partial charge in [0.25, 0.3) is 0 Å². The summed E-state index contributed by atoms with van der Waals surface area (Å²) in [7, 11) is 0. The first kappa shape index (κ1) is 19.0. The monoisotopic (exact) mass is 345 g/mol. The summed E-state index contributed by atoms with van der Waals surface area (Å²) in [5.74, 6) is 0.881. The second-order valence-electron chi connectivity index (χ2n) is 6.53. The van der Waals surface area contributed by atoms with E-state index >= 15 is 0 Å². The molecule has 1 saturated carbocycles. The highest BCUT2D eigenvalue weighted by Crippen LogP contribution is 2.40. The van der Waals surface area contributed by atoms with E-state index in [4.69, 9.17) is 10.5 Å². The molecule has 0 heterocycles. The molecule has 1 fully saturated rings. The molecule has 1 aliphatic rings. The number of halogens is 1. The van der Waals surface area contributed by atoms with Crippen LogP contribution in [0.4, 0.5) is 0 Å². The van der Waals surface area contributed by atoms with Crippen LogP contribution >= 0.6 is 12.4 Å². The lowest BCUT2D eigenvalue weighted by Gasteiger charge is -2.40. The van der Waals surface area contributed by atoms with E-state index in [2.05, 4.69) is 48.5 Å². The lowest BCUT2D eigenvalue weighted by molar-refractivity contribution is -0.0332. The molecule has 0 amide bonds. The van der Waals surface area contributed by atoms with Gasteiger partial charge < -0.3 is 10.5 Å². The van der Waals surface area contributed by atoms with Crippen molar-refractivity contribution < 1.29 is 4.74 Å². The molecular formula is C21H28ClNO. The first-order valence-electron chi connectivity index (χ1n) is 8.78. The number of hydrogen-bond acceptors (Lipinski definition) is 2. The van der Waals surface area contributed by atoms with E-state index in [1.54, 1.807) is 0 Å². The van der Waals surface area contributed by atoms with Crippen LogP contribution in [-0.2, 0) is 10.3 Å². The SMILES string of the molecule is CCOC(c1ccccc1)(c1ccccc1)C(N)CCC1CC1.Cl. The number of rotatable bonds is 8. The van der Waals surface area contributed by atoms with Gasteiger partial charge in [-0.15, -0.1) is 12.4 Å². The van der Waals surface area contributed by atoms with Crippen molar-refractivity contribution in [2.24, 2.45) is 11.7 Å². The van der Waals surface area contributed by atoms with Gasteiger partial charge in [-0.05, 0) is 36.8 Å². The third-order valence-corrected chi connectivity index (χ3v) is 4.88. The number of ether oxygens (including phenoxy) is 1. The Bertz CT molecular complexity index is 558. The minimum atomic E-state index is -0.563. The van der Waals surface area contributed by atoms with Crippen LogP contribution in [0, 0.1) is 5.92 Å². The molecule has 1 unspecified atom stereocenters. The zero-order valence-corrected chi connectivity index (χ0v) is 15.2. The zero-order chi connectivity index (χ0) is 16.1. The largest absolute Gasteiger partial charge is 0.364 e. The van der Waals surface area contributed by atoms with Gasteiger partial charge in [0.2, 0.25) is 0 Å². The van der Waals surface area contributed by atoms with E-state index < -0.39 is 5.60 Å². The fourth-order valence-electron chi connectivity index (χ4n) is 3.49. The lowest BCUT2D eigenvalue weighted by atomic mass is 9.78. The molecule has 24 heavy (non-hydrogen) atoms. The molecule has 3 heteroatoms. The third kappa shape index (κ3) is 4.00. The van der Waals surface area contributed by atoms with E-state index in [9.17, 15) is 0 Å². The Labute approximate surface area is 151 Å². The second kappa shape index (κ2) is 8.66. The summed E-state index contributed by atoms with van der Waals surface area (Å²) >= 11 is 0. The molecule has 0 spiro atoms. The summed E-state index contributed by atoms with van der Waals surface area (Å²) in [5.41, 5.74) is 8.49. The van der Waals surface area contributed by atoms with E-state index in [1.807, 2.05) is 19.1 Å². The van der Waals surface area contributed by atoms with Crippen molar-refractivity contribution in [1.29, 1.82) is 0 Å². The van der Waals surface area contributed by atoms with Crippen molar-refractivity contribution in [2.75, 3.05) is 6.61 Å². The molecule has 1 atom stereocenters. The maximum absolute atomic E-state index is 6.75. The van der Waals surface area contributed by atoms with Gasteiger partial charge in [-0.3, -0.25) is 0 Å². The average Bonchev–Trinajstić information content (AvgIpc) is 3.43. The molecule has 130 valence electrons. The van der Waals surface area contributed by atoms with Crippen LogP contribution in [0.5, 0.6) is 0 Å². The van der Waals surface area contributed by atoms with Crippen molar-refractivity contribution in [3.05, 3.63) is 71.8 Å². The molecule has 1 aliphatic carbocycles. The Hall–Kier alpha value is -1.35. The van der Waals surface area contributed by atoms with Gasteiger partial charge in [-0.25, -0.2) is 0 Å². The van der Waals surface area contributed by atoms with Gasteiger partial charge in [-0.2, -0.15) is 0 Å². The molecule has 2 N–H and O–H groups in total. The summed E-state index contributed by atoms with van der Waals surface area (Å²) in [6, 6.07) is 20.9. The molecule has 2 aromatic carbocycles. The van der Waals surface area contributed by atoms with Crippen molar-refractivity contribution in [2.45, 2.75) is 44.2 Å². The Kier molecular flexibility index (Phi) is 6.85. The molecule has 0 bridgehead atoms. The number of hydrogen-bond donors (Lipinski definition) is 1. The van der Waals surface area contributed by atoms with Gasteiger partial charge in [0.05, 0.1) is 0 Å². The minimum absolute atomic E-state index is 0. The highest BCUT2D eigenvalue weighted by molar-refractivity contribution is 5.85. The van der Waals surface area contributed by atoms with E-state index in [-0.39, 0.29) is 18.4 Å². The Morgan fingerprint density at radius 3 is 1.92 bits per heavy atom. The lowest BCUT2D eigenvalue weighted by Crippen LogP contribution is -2.48. The van der Waals surface area contributed by atoms with Crippen LogP contribution in [0.25, 0.3) is 0 Å². The van der Waals surface area contributed by atoms with Gasteiger partial charge >= 0.3 is 0 Å². The summed E-state index contributed by atoms with van der Waals surface area (Å²) in [6.07, 6.45) is 4.93. The van der Waals surface area contributed by atoms with E-state index in [0.717, 1.165) is 23.5 Å². The Morgan fingerprint density at radius 2 is 1.50 bits per heavy atom. The minimum Gasteiger partial charge on any atom is -0.364 e. The molecule has 0 radical (unpaired) electrons. The summed E-state index contributed by atoms with van der Waals surface area (Å²) in [6.45, 7) is 2.69. The van der Waals surface area contributed by atoms with E-state index in [0.29, 0.717) is 6.61 Å². The highest BCUT2D eigenvalue weighted by atomic mass is 35.5. The van der Waals surface area contributed by atoms with E-state index in [1.165, 1.54) is 19.3 Å². The fraction of sp³-hybridized carbons (Fsp3) is 0.429. The summed E-state index contributed by atoms with van der Waals surface area (Å²) in [4.78, 5) is 0. The third-order valence-electron chi connectivity index (χ3n) is 4.88. The Morgan fingerprint density at radius 1 is 1.00 bits per heavy atom. The van der Waals surface area contributed by atoms with Gasteiger partial charge in [-0.1, -0.05) is 73.5 Å². The maximum Gasteiger partial charge on any atom is 0.133 e. The number of nitrogens with two attached hydrogens (primary N) is 1. The van der Waals surface area contributed by atoms with Crippen molar-refractivity contribution >= 4 is 12.4 Å². The molecule has 0 saturated heterocycles. The molecule has 2 nitrogen and oxygen atoms in total. The first-order chi connectivity index (χ1) is 11.3. The van der Waals surface area contributed by atoms with Crippen LogP contribution < -0.4 is 5.73 Å². The molecule has 0 aromatic heterocycles. The maximum atomic E-state index is 6.75. The highest BCUT2D eigenvalue weighted by Gasteiger charge is 2.41. The fourth-order valence-corrected chi connectivity index (χ4v) is 3.49. The molecule has 2 aromatic rings. The standard InChI is InChI=1S/C21H27NO.ClH/c1-2-23-21(18-9-5-3-6-10-18,19-11-7-4-8-12-19)20(22)16-15-17-13-14-17;/h3-12,17,20H,2,13-16,22H2,1H3;1H. The van der Waals surface area contributed by atoms with Crippen LogP contribution in [0.3, 0.4) is 0 Å². The van der Waals surface area contributed by atoms with Crippen molar-refractivity contribution in [3.63, 3.8) is 0 Å². The molecule has 0 aliphatic heterocycles. The van der Waals surface area contributed by atoms with Crippen LogP contribution in [0.1, 0.15) is 43.7 Å². The van der Waals surface area contributed by atoms with Gasteiger partial charge in [0.1, 0.15) is 5.60 Å². The quantitative estimate of drug-likeness (QED) is 0.738. The van der Waals surface area contributed by atoms with Gasteiger partial charge in [0, 0.05) is 12.6 Å². The topological polar surface area (TPSA) is 35.2 Å². The summed E-state index contributed by atoms with van der Waals surface area (Å²) in [5, 5.41) is 0. The average molecular weight is 346 g/mol. The predicted molar refractivity (Wildman–Crippen MR) is 102 cm³/mol. The van der Waals surface area contributed by atoms with Gasteiger partial charge in [0.15, 0.2) is 0 Å². The molecular weight excluding hydrogens is 318 g/mol. The van der Waals surface area contributed by atoms with Crippen LogP contribution in [-0.4, -0.2) is 12.6 Å². The van der Waals surface area contributed by atoms with Crippen LogP contribution in [0.15, 0.2) is 60.7 Å². The van der Waals surface area contributed by atoms with Crippen molar-refractivity contribution in [1.82, 2.24) is 0 Å². The second-order valence-corrected chi connectivity index (χ2v) is 6.53. The smallest absolute Gasteiger partial charge is 0.133 e. The summed E-state index contributed by atoms with van der Waals surface area (Å²) < 4.78 is 6.39. The first-order valence-corrected chi connectivity index (χ1v) is 8.78. The van der Waals surface area contributed by atoms with Crippen molar-refractivity contribution in [3.8, 4) is 0 Å². The Balaban J connectivity index is 0.00000208. The zero-order valence-electron chi connectivity index (χ0n) is 14.4. The normalized spacial score (nSPS) is 15.6. The van der Waals surface area contributed by atoms with Crippen LogP contribution in [0.2, 0.25) is 0 Å². The predicted octanol–water partition coefficient (Wildman–Crippen LogP) is 4.91.